The summed E-state index contributed by atoms with van der Waals surface area (Å²) in [4.78, 5) is 0. The minimum atomic E-state index is -0.133. The third-order valence-electron chi connectivity index (χ3n) is 4.80. The molecule has 3 nitrogen and oxygen atoms in total. The Labute approximate surface area is 155 Å². The van der Waals surface area contributed by atoms with E-state index in [9.17, 15) is 0 Å². The van der Waals surface area contributed by atoms with Crippen molar-refractivity contribution in [3.63, 3.8) is 0 Å². The standard InChI is InChI=1S/C22H40O3/c1-3-4-5-6-7-8-9-10-11-12-13-14-15-16-17-20(2)22-24-19-21(18-23)25-22/h10-11,13-14,20-23H,3-9,12,15-19H2,1-2H3/b11-10-,14-13-/t20-,21-,22-/m0/s1. The van der Waals surface area contributed by atoms with Crippen LogP contribution in [0.15, 0.2) is 24.3 Å². The number of unbranched alkanes of at least 4 members (excludes halogenated alkanes) is 7. The quantitative estimate of drug-likeness (QED) is 0.300. The van der Waals surface area contributed by atoms with Gasteiger partial charge in [0.25, 0.3) is 0 Å². The Kier molecular flexibility index (Phi) is 14.0. The molecule has 1 fully saturated rings. The van der Waals surface area contributed by atoms with Gasteiger partial charge in [-0.15, -0.1) is 0 Å². The van der Waals surface area contributed by atoms with Gasteiger partial charge in [-0.25, -0.2) is 0 Å². The minimum Gasteiger partial charge on any atom is -0.394 e. The smallest absolute Gasteiger partial charge is 0.160 e. The molecular formula is C22H40O3. The molecule has 1 N–H and O–H groups in total. The maximum atomic E-state index is 9.05. The summed E-state index contributed by atoms with van der Waals surface area (Å²) in [5, 5.41) is 9.05. The van der Waals surface area contributed by atoms with Gasteiger partial charge in [-0.2, -0.15) is 0 Å². The summed E-state index contributed by atoms with van der Waals surface area (Å²) in [6.45, 7) is 5.01. The van der Waals surface area contributed by atoms with Crippen molar-refractivity contribution in [1.29, 1.82) is 0 Å². The fourth-order valence-electron chi connectivity index (χ4n) is 3.11. The molecule has 0 radical (unpaired) electrons. The van der Waals surface area contributed by atoms with Crippen LogP contribution in [0.5, 0.6) is 0 Å². The monoisotopic (exact) mass is 352 g/mol. The first-order chi connectivity index (χ1) is 12.3. The van der Waals surface area contributed by atoms with E-state index in [1.807, 2.05) is 0 Å². The highest BCUT2D eigenvalue weighted by Crippen LogP contribution is 2.22. The first-order valence-electron chi connectivity index (χ1n) is 10.5. The van der Waals surface area contributed by atoms with Crippen LogP contribution in [0.2, 0.25) is 0 Å². The summed E-state index contributed by atoms with van der Waals surface area (Å²) >= 11 is 0. The Balaban J connectivity index is 1.90. The van der Waals surface area contributed by atoms with Crippen LogP contribution in [0.1, 0.15) is 84.5 Å². The SMILES string of the molecule is CCCCCCCC/C=C\C/C=C\CCC[C@H](C)[C@H]1OC[C@H](CO)O1. The number of hydrogen-bond acceptors (Lipinski definition) is 3. The van der Waals surface area contributed by atoms with Gasteiger partial charge in [0.1, 0.15) is 6.10 Å². The molecule has 0 aromatic carbocycles. The van der Waals surface area contributed by atoms with Crippen molar-refractivity contribution in [2.24, 2.45) is 5.92 Å². The van der Waals surface area contributed by atoms with Gasteiger partial charge in [0.15, 0.2) is 6.29 Å². The summed E-state index contributed by atoms with van der Waals surface area (Å²) in [5.41, 5.74) is 0. The molecule has 0 aliphatic carbocycles. The van der Waals surface area contributed by atoms with Gasteiger partial charge in [0, 0.05) is 5.92 Å². The molecule has 146 valence electrons. The van der Waals surface area contributed by atoms with E-state index in [2.05, 4.69) is 38.2 Å². The van der Waals surface area contributed by atoms with Crippen LogP contribution in [-0.2, 0) is 9.47 Å². The molecule has 0 aromatic heterocycles. The first-order valence-corrected chi connectivity index (χ1v) is 10.5. The predicted octanol–water partition coefficient (Wildman–Crippen LogP) is 5.78. The van der Waals surface area contributed by atoms with Gasteiger partial charge in [0.2, 0.25) is 0 Å². The summed E-state index contributed by atoms with van der Waals surface area (Å²) in [5.74, 6) is 0.391. The summed E-state index contributed by atoms with van der Waals surface area (Å²) < 4.78 is 11.2. The number of ether oxygens (including phenoxy) is 2. The fourth-order valence-corrected chi connectivity index (χ4v) is 3.11. The van der Waals surface area contributed by atoms with E-state index in [4.69, 9.17) is 14.6 Å². The summed E-state index contributed by atoms with van der Waals surface area (Å²) in [6.07, 6.45) is 22.8. The van der Waals surface area contributed by atoms with Crippen LogP contribution in [-0.4, -0.2) is 30.7 Å². The molecule has 0 amide bonds. The second kappa shape index (κ2) is 15.6. The minimum absolute atomic E-state index is 0.0539. The molecule has 1 rings (SSSR count). The first kappa shape index (κ1) is 22.4. The van der Waals surface area contributed by atoms with Gasteiger partial charge < -0.3 is 14.6 Å². The van der Waals surface area contributed by atoms with Crippen LogP contribution in [0.25, 0.3) is 0 Å². The molecule has 0 aromatic rings. The number of aliphatic hydroxyl groups excluding tert-OH is 1. The average Bonchev–Trinajstić information content (AvgIpc) is 3.11. The van der Waals surface area contributed by atoms with E-state index in [0.717, 1.165) is 25.7 Å². The molecule has 0 saturated carbocycles. The Morgan fingerprint density at radius 1 is 0.960 bits per heavy atom. The van der Waals surface area contributed by atoms with E-state index < -0.39 is 0 Å². The molecule has 3 heteroatoms. The normalized spacial score (nSPS) is 22.4. The van der Waals surface area contributed by atoms with E-state index in [0.29, 0.717) is 12.5 Å². The van der Waals surface area contributed by atoms with E-state index in [-0.39, 0.29) is 19.0 Å². The van der Waals surface area contributed by atoms with Crippen molar-refractivity contribution in [3.05, 3.63) is 24.3 Å². The number of aliphatic hydroxyl groups is 1. The Morgan fingerprint density at radius 2 is 1.64 bits per heavy atom. The van der Waals surface area contributed by atoms with Crippen LogP contribution in [0, 0.1) is 5.92 Å². The van der Waals surface area contributed by atoms with Crippen molar-refractivity contribution in [3.8, 4) is 0 Å². The van der Waals surface area contributed by atoms with E-state index in [1.54, 1.807) is 0 Å². The Hall–Kier alpha value is -0.640. The van der Waals surface area contributed by atoms with Gasteiger partial charge >= 0.3 is 0 Å². The van der Waals surface area contributed by atoms with Crippen LogP contribution in [0.4, 0.5) is 0 Å². The van der Waals surface area contributed by atoms with Gasteiger partial charge in [-0.1, -0.05) is 70.3 Å². The third kappa shape index (κ3) is 11.6. The van der Waals surface area contributed by atoms with E-state index >= 15 is 0 Å². The molecule has 0 unspecified atom stereocenters. The highest BCUT2D eigenvalue weighted by Gasteiger charge is 2.29. The molecule has 0 spiro atoms. The second-order valence-corrected chi connectivity index (χ2v) is 7.29. The average molecular weight is 353 g/mol. The fraction of sp³-hybridized carbons (Fsp3) is 0.818. The molecular weight excluding hydrogens is 312 g/mol. The van der Waals surface area contributed by atoms with Crippen molar-refractivity contribution in [1.82, 2.24) is 0 Å². The largest absolute Gasteiger partial charge is 0.394 e. The lowest BCUT2D eigenvalue weighted by Crippen LogP contribution is -2.21. The highest BCUT2D eigenvalue weighted by molar-refractivity contribution is 4.92. The number of allylic oxidation sites excluding steroid dienone is 4. The predicted molar refractivity (Wildman–Crippen MR) is 106 cm³/mol. The molecule has 0 bridgehead atoms. The topological polar surface area (TPSA) is 38.7 Å². The van der Waals surface area contributed by atoms with Gasteiger partial charge in [-0.3, -0.25) is 0 Å². The molecule has 25 heavy (non-hydrogen) atoms. The van der Waals surface area contributed by atoms with Crippen LogP contribution in [0.3, 0.4) is 0 Å². The molecule has 1 saturated heterocycles. The van der Waals surface area contributed by atoms with Crippen LogP contribution < -0.4 is 0 Å². The summed E-state index contributed by atoms with van der Waals surface area (Å²) in [6, 6.07) is 0. The highest BCUT2D eigenvalue weighted by atomic mass is 16.7. The van der Waals surface area contributed by atoms with E-state index in [1.165, 1.54) is 44.9 Å². The second-order valence-electron chi connectivity index (χ2n) is 7.29. The van der Waals surface area contributed by atoms with Crippen molar-refractivity contribution in [2.45, 2.75) is 96.9 Å². The maximum absolute atomic E-state index is 9.05. The zero-order chi connectivity index (χ0) is 18.2. The lowest BCUT2D eigenvalue weighted by molar-refractivity contribution is -0.0991. The van der Waals surface area contributed by atoms with Gasteiger partial charge in [0.05, 0.1) is 13.2 Å². The Morgan fingerprint density at radius 3 is 2.32 bits per heavy atom. The summed E-state index contributed by atoms with van der Waals surface area (Å²) in [7, 11) is 0. The third-order valence-corrected chi connectivity index (χ3v) is 4.80. The number of hydrogen-bond donors (Lipinski definition) is 1. The zero-order valence-electron chi connectivity index (χ0n) is 16.5. The lowest BCUT2D eigenvalue weighted by Gasteiger charge is -2.17. The van der Waals surface area contributed by atoms with Crippen LogP contribution >= 0.6 is 0 Å². The lowest BCUT2D eigenvalue weighted by atomic mass is 10.0. The maximum Gasteiger partial charge on any atom is 0.160 e. The van der Waals surface area contributed by atoms with Crippen molar-refractivity contribution in [2.75, 3.05) is 13.2 Å². The number of rotatable bonds is 15. The molecule has 3 atom stereocenters. The zero-order valence-corrected chi connectivity index (χ0v) is 16.5. The van der Waals surface area contributed by atoms with Crippen molar-refractivity contribution < 1.29 is 14.6 Å². The van der Waals surface area contributed by atoms with Crippen molar-refractivity contribution >= 4 is 0 Å². The molecule has 1 aliphatic heterocycles. The van der Waals surface area contributed by atoms with Gasteiger partial charge in [-0.05, 0) is 38.5 Å². The molecule has 1 heterocycles. The Bertz CT molecular complexity index is 351. The molecule has 1 aliphatic rings.